The first kappa shape index (κ1) is 15.9. The number of H-pyrrole nitrogens is 1. The number of aromatic nitrogens is 3. The molecule has 1 saturated heterocycles. The highest BCUT2D eigenvalue weighted by atomic mass is 19.1. The Labute approximate surface area is 133 Å². The third-order valence-electron chi connectivity index (χ3n) is 4.05. The summed E-state index contributed by atoms with van der Waals surface area (Å²) in [6, 6.07) is 6.29. The van der Waals surface area contributed by atoms with Crippen LogP contribution in [0.1, 0.15) is 17.8 Å². The summed E-state index contributed by atoms with van der Waals surface area (Å²) in [5.41, 5.74) is 0.499. The second-order valence-corrected chi connectivity index (χ2v) is 5.72. The Hall–Kier alpha value is -1.99. The van der Waals surface area contributed by atoms with E-state index in [-0.39, 0.29) is 11.5 Å². The van der Waals surface area contributed by atoms with Crippen molar-refractivity contribution in [3.8, 4) is 0 Å². The molecular formula is C16H21FN4O2. The predicted octanol–water partition coefficient (Wildman–Crippen LogP) is 1.02. The van der Waals surface area contributed by atoms with Crippen LogP contribution in [0.2, 0.25) is 0 Å². The van der Waals surface area contributed by atoms with Crippen LogP contribution in [0.5, 0.6) is 0 Å². The zero-order chi connectivity index (χ0) is 16.1. The summed E-state index contributed by atoms with van der Waals surface area (Å²) in [6.45, 7) is 4.77. The molecule has 2 aromatic rings. The van der Waals surface area contributed by atoms with Crippen LogP contribution in [0.25, 0.3) is 0 Å². The van der Waals surface area contributed by atoms with Crippen LogP contribution in [0, 0.1) is 5.82 Å². The van der Waals surface area contributed by atoms with Crippen molar-refractivity contribution < 1.29 is 9.13 Å². The van der Waals surface area contributed by atoms with Crippen molar-refractivity contribution in [2.24, 2.45) is 0 Å². The van der Waals surface area contributed by atoms with Crippen molar-refractivity contribution in [3.05, 3.63) is 52.0 Å². The van der Waals surface area contributed by atoms with Crippen LogP contribution >= 0.6 is 0 Å². The van der Waals surface area contributed by atoms with Crippen molar-refractivity contribution in [2.45, 2.75) is 19.4 Å². The molecule has 0 saturated carbocycles. The second-order valence-electron chi connectivity index (χ2n) is 5.72. The van der Waals surface area contributed by atoms with Crippen molar-refractivity contribution in [1.82, 2.24) is 19.7 Å². The molecule has 0 unspecified atom stereocenters. The number of aromatic amines is 1. The van der Waals surface area contributed by atoms with Gasteiger partial charge in [-0.3, -0.25) is 9.47 Å². The van der Waals surface area contributed by atoms with E-state index in [0.717, 1.165) is 44.8 Å². The Bertz CT molecular complexity index is 691. The van der Waals surface area contributed by atoms with Gasteiger partial charge in [0, 0.05) is 19.5 Å². The molecule has 0 bridgehead atoms. The molecule has 1 aromatic heterocycles. The van der Waals surface area contributed by atoms with E-state index in [0.29, 0.717) is 18.8 Å². The first-order chi connectivity index (χ1) is 11.2. The minimum absolute atomic E-state index is 0.254. The number of benzene rings is 1. The Morgan fingerprint density at radius 2 is 2.13 bits per heavy atom. The van der Waals surface area contributed by atoms with Gasteiger partial charge in [-0.25, -0.2) is 14.3 Å². The van der Waals surface area contributed by atoms with Crippen LogP contribution in [-0.4, -0.2) is 52.5 Å². The van der Waals surface area contributed by atoms with E-state index < -0.39 is 0 Å². The van der Waals surface area contributed by atoms with E-state index in [1.807, 2.05) is 0 Å². The molecule has 124 valence electrons. The maximum absolute atomic E-state index is 13.3. The van der Waals surface area contributed by atoms with Gasteiger partial charge < -0.3 is 4.74 Å². The number of hydrogen-bond acceptors (Lipinski definition) is 4. The van der Waals surface area contributed by atoms with Crippen LogP contribution in [0.15, 0.2) is 29.1 Å². The predicted molar refractivity (Wildman–Crippen MR) is 83.9 cm³/mol. The molecule has 1 N–H and O–H groups in total. The maximum atomic E-state index is 13.3. The van der Waals surface area contributed by atoms with Gasteiger partial charge in [0.15, 0.2) is 0 Å². The van der Waals surface area contributed by atoms with Crippen LogP contribution in [-0.2, 0) is 17.7 Å². The number of nitrogens with zero attached hydrogens (tertiary/aromatic N) is 3. The van der Waals surface area contributed by atoms with E-state index in [1.54, 1.807) is 16.7 Å². The fraction of sp³-hybridized carbons (Fsp3) is 0.500. The molecule has 0 amide bonds. The molecule has 0 radical (unpaired) electrons. The van der Waals surface area contributed by atoms with Gasteiger partial charge in [0.25, 0.3) is 0 Å². The molecule has 23 heavy (non-hydrogen) atoms. The molecule has 1 aliphatic rings. The lowest BCUT2D eigenvalue weighted by Gasteiger charge is -2.26. The topological polar surface area (TPSA) is 63.1 Å². The van der Waals surface area contributed by atoms with Crippen LogP contribution in [0.4, 0.5) is 4.39 Å². The minimum Gasteiger partial charge on any atom is -0.379 e. The third-order valence-corrected chi connectivity index (χ3v) is 4.05. The second kappa shape index (κ2) is 7.52. The minimum atomic E-state index is -0.298. The molecule has 1 aromatic carbocycles. The monoisotopic (exact) mass is 320 g/mol. The average Bonchev–Trinajstić information content (AvgIpc) is 2.89. The Morgan fingerprint density at radius 3 is 2.91 bits per heavy atom. The van der Waals surface area contributed by atoms with Crippen molar-refractivity contribution in [1.29, 1.82) is 0 Å². The van der Waals surface area contributed by atoms with E-state index in [1.165, 1.54) is 12.1 Å². The van der Waals surface area contributed by atoms with Gasteiger partial charge in [-0.05, 0) is 30.7 Å². The molecule has 7 heteroatoms. The highest BCUT2D eigenvalue weighted by molar-refractivity contribution is 5.17. The van der Waals surface area contributed by atoms with Gasteiger partial charge in [-0.1, -0.05) is 12.1 Å². The summed E-state index contributed by atoms with van der Waals surface area (Å²) in [7, 11) is 0. The highest BCUT2D eigenvalue weighted by Gasteiger charge is 2.12. The van der Waals surface area contributed by atoms with E-state index in [2.05, 4.69) is 15.1 Å². The van der Waals surface area contributed by atoms with Gasteiger partial charge in [0.1, 0.15) is 11.6 Å². The van der Waals surface area contributed by atoms with E-state index in [4.69, 9.17) is 4.74 Å². The molecule has 0 atom stereocenters. The first-order valence-corrected chi connectivity index (χ1v) is 7.91. The zero-order valence-electron chi connectivity index (χ0n) is 13.0. The van der Waals surface area contributed by atoms with Gasteiger partial charge in [0.2, 0.25) is 0 Å². The number of morpholine rings is 1. The van der Waals surface area contributed by atoms with E-state index in [9.17, 15) is 9.18 Å². The Kier molecular flexibility index (Phi) is 5.19. The van der Waals surface area contributed by atoms with Gasteiger partial charge in [-0.15, -0.1) is 0 Å². The molecule has 3 rings (SSSR count). The lowest BCUT2D eigenvalue weighted by atomic mass is 10.2. The average molecular weight is 320 g/mol. The Morgan fingerprint density at radius 1 is 1.30 bits per heavy atom. The first-order valence-electron chi connectivity index (χ1n) is 7.91. The number of aryl methyl sites for hydroxylation is 1. The molecule has 6 nitrogen and oxygen atoms in total. The quantitative estimate of drug-likeness (QED) is 0.863. The molecule has 0 spiro atoms. The van der Waals surface area contributed by atoms with Crippen molar-refractivity contribution in [2.75, 3.05) is 32.8 Å². The largest absolute Gasteiger partial charge is 0.379 e. The van der Waals surface area contributed by atoms with Crippen molar-refractivity contribution in [3.63, 3.8) is 0 Å². The lowest BCUT2D eigenvalue weighted by Crippen LogP contribution is -2.37. The van der Waals surface area contributed by atoms with Gasteiger partial charge in [0.05, 0.1) is 19.8 Å². The number of ether oxygens (including phenoxy) is 1. The summed E-state index contributed by atoms with van der Waals surface area (Å²) in [5, 5.41) is 6.60. The summed E-state index contributed by atoms with van der Waals surface area (Å²) in [6.07, 6.45) is 1.64. The number of nitrogens with one attached hydrogen (secondary N) is 1. The highest BCUT2D eigenvalue weighted by Crippen LogP contribution is 2.07. The fourth-order valence-electron chi connectivity index (χ4n) is 2.81. The molecular weight excluding hydrogens is 299 g/mol. The Balaban J connectivity index is 1.60. The summed E-state index contributed by atoms with van der Waals surface area (Å²) in [4.78, 5) is 14.3. The molecule has 1 fully saturated rings. The normalized spacial score (nSPS) is 15.9. The van der Waals surface area contributed by atoms with E-state index >= 15 is 0 Å². The number of hydrogen-bond donors (Lipinski definition) is 1. The van der Waals surface area contributed by atoms with Gasteiger partial charge in [-0.2, -0.15) is 5.10 Å². The summed E-state index contributed by atoms with van der Waals surface area (Å²) in [5.74, 6) is 0.417. The third kappa shape index (κ3) is 4.27. The number of rotatable bonds is 6. The fourth-order valence-corrected chi connectivity index (χ4v) is 2.81. The zero-order valence-corrected chi connectivity index (χ0v) is 13.0. The molecule has 2 heterocycles. The maximum Gasteiger partial charge on any atom is 0.343 e. The SMILES string of the molecule is O=c1[nH]nc(CCCN2CCOCC2)n1Cc1cccc(F)c1. The van der Waals surface area contributed by atoms with Gasteiger partial charge >= 0.3 is 5.69 Å². The molecule has 0 aliphatic carbocycles. The smallest absolute Gasteiger partial charge is 0.343 e. The lowest BCUT2D eigenvalue weighted by molar-refractivity contribution is 0.0374. The summed E-state index contributed by atoms with van der Waals surface area (Å²) >= 11 is 0. The summed E-state index contributed by atoms with van der Waals surface area (Å²) < 4.78 is 20.2. The van der Waals surface area contributed by atoms with Crippen LogP contribution in [0.3, 0.4) is 0 Å². The number of halogens is 1. The van der Waals surface area contributed by atoms with Crippen LogP contribution < -0.4 is 5.69 Å². The van der Waals surface area contributed by atoms with Crippen molar-refractivity contribution >= 4 is 0 Å². The standard InChI is InChI=1S/C16H21FN4O2/c17-14-4-1-3-13(11-14)12-21-15(18-19-16(21)22)5-2-6-20-7-9-23-10-8-20/h1,3-4,11H,2,5-10,12H2,(H,19,22). The molecule has 1 aliphatic heterocycles.